The summed E-state index contributed by atoms with van der Waals surface area (Å²) >= 11 is 12.2. The molecule has 0 radical (unpaired) electrons. The van der Waals surface area contributed by atoms with Crippen LogP contribution in [0.4, 0.5) is 0 Å². The molecule has 0 spiro atoms. The van der Waals surface area contributed by atoms with Gasteiger partial charge in [0.25, 0.3) is 5.91 Å². The Hall–Kier alpha value is -1.60. The van der Waals surface area contributed by atoms with Gasteiger partial charge in [0, 0.05) is 32.2 Å². The van der Waals surface area contributed by atoms with Crippen LogP contribution in [0.15, 0.2) is 47.4 Å². The van der Waals surface area contributed by atoms with Crippen molar-refractivity contribution < 1.29 is 13.2 Å². The summed E-state index contributed by atoms with van der Waals surface area (Å²) in [5.41, 5.74) is 1.04. The highest BCUT2D eigenvalue weighted by Gasteiger charge is 2.28. The first kappa shape index (κ1) is 20.1. The number of benzene rings is 2. The molecule has 0 unspecified atom stereocenters. The molecule has 8 heteroatoms. The predicted molar refractivity (Wildman–Crippen MR) is 107 cm³/mol. The van der Waals surface area contributed by atoms with Gasteiger partial charge in [-0.05, 0) is 42.7 Å². The zero-order chi connectivity index (χ0) is 19.6. The van der Waals surface area contributed by atoms with Crippen LogP contribution in [0.25, 0.3) is 0 Å². The average Bonchev–Trinajstić information content (AvgIpc) is 3.20. The van der Waals surface area contributed by atoms with Crippen molar-refractivity contribution in [2.45, 2.75) is 24.3 Å². The lowest BCUT2D eigenvalue weighted by atomic mass is 10.1. The SMILES string of the molecule is CN(Cc1cccc(Cl)c1Cl)C(=O)c1cccc(S(=O)(=O)N2CCCC2)c1. The number of sulfonamides is 1. The third kappa shape index (κ3) is 4.29. The van der Waals surface area contributed by atoms with Crippen molar-refractivity contribution in [1.82, 2.24) is 9.21 Å². The highest BCUT2D eigenvalue weighted by atomic mass is 35.5. The van der Waals surface area contributed by atoms with Crippen LogP contribution in [0.2, 0.25) is 10.0 Å². The highest BCUT2D eigenvalue weighted by molar-refractivity contribution is 7.89. The third-order valence-corrected chi connectivity index (χ3v) is 7.32. The molecule has 0 bridgehead atoms. The molecule has 3 rings (SSSR count). The molecule has 2 aromatic rings. The number of carbonyl (C=O) groups is 1. The number of nitrogens with zero attached hydrogens (tertiary/aromatic N) is 2. The molecule has 1 aliphatic heterocycles. The minimum atomic E-state index is -3.57. The van der Waals surface area contributed by atoms with Gasteiger partial charge in [0.05, 0.1) is 14.9 Å². The van der Waals surface area contributed by atoms with E-state index in [1.807, 2.05) is 0 Å². The molecular weight excluding hydrogens is 407 g/mol. The summed E-state index contributed by atoms with van der Waals surface area (Å²) in [5, 5.41) is 0.831. The predicted octanol–water partition coefficient (Wildman–Crippen LogP) is 4.05. The molecule has 1 heterocycles. The zero-order valence-electron chi connectivity index (χ0n) is 14.9. The quantitative estimate of drug-likeness (QED) is 0.724. The minimum absolute atomic E-state index is 0.143. The van der Waals surface area contributed by atoms with Gasteiger partial charge in [-0.15, -0.1) is 0 Å². The molecule has 2 aromatic carbocycles. The molecule has 1 fully saturated rings. The van der Waals surface area contributed by atoms with Crippen LogP contribution in [0.1, 0.15) is 28.8 Å². The van der Waals surface area contributed by atoms with Gasteiger partial charge < -0.3 is 4.90 Å². The maximum Gasteiger partial charge on any atom is 0.253 e. The first-order valence-corrected chi connectivity index (χ1v) is 10.8. The van der Waals surface area contributed by atoms with E-state index in [1.165, 1.54) is 21.3 Å². The van der Waals surface area contributed by atoms with E-state index in [1.54, 1.807) is 37.4 Å². The van der Waals surface area contributed by atoms with Gasteiger partial charge in [0.1, 0.15) is 0 Å². The van der Waals surface area contributed by atoms with E-state index in [4.69, 9.17) is 23.2 Å². The number of rotatable bonds is 5. The molecule has 1 aliphatic rings. The van der Waals surface area contributed by atoms with Gasteiger partial charge in [-0.3, -0.25) is 4.79 Å². The Bertz CT molecular complexity index is 957. The minimum Gasteiger partial charge on any atom is -0.337 e. The van der Waals surface area contributed by atoms with E-state index in [9.17, 15) is 13.2 Å². The number of amides is 1. The Morgan fingerprint density at radius 2 is 1.78 bits per heavy atom. The molecule has 0 atom stereocenters. The standard InChI is InChI=1S/C19H20Cl2N2O3S/c1-22(13-15-7-5-9-17(20)18(15)21)19(24)14-6-4-8-16(12-14)27(25,26)23-10-2-3-11-23/h4-9,12H,2-3,10-11,13H2,1H3. The monoisotopic (exact) mass is 426 g/mol. The first-order valence-electron chi connectivity index (χ1n) is 8.59. The molecule has 5 nitrogen and oxygen atoms in total. The zero-order valence-corrected chi connectivity index (χ0v) is 17.2. The maximum absolute atomic E-state index is 12.8. The van der Waals surface area contributed by atoms with Crippen molar-refractivity contribution >= 4 is 39.1 Å². The van der Waals surface area contributed by atoms with Gasteiger partial charge in [-0.2, -0.15) is 4.31 Å². The van der Waals surface area contributed by atoms with Crippen LogP contribution in [-0.4, -0.2) is 43.7 Å². The Morgan fingerprint density at radius 1 is 1.11 bits per heavy atom. The van der Waals surface area contributed by atoms with Gasteiger partial charge >= 0.3 is 0 Å². The van der Waals surface area contributed by atoms with Crippen molar-refractivity contribution in [3.8, 4) is 0 Å². The molecular formula is C19H20Cl2N2O3S. The Morgan fingerprint density at radius 3 is 2.48 bits per heavy atom. The summed E-state index contributed by atoms with van der Waals surface area (Å²) in [4.78, 5) is 14.4. The molecule has 0 aromatic heterocycles. The number of hydrogen-bond donors (Lipinski definition) is 0. The van der Waals surface area contributed by atoms with E-state index in [2.05, 4.69) is 0 Å². The number of carbonyl (C=O) groups excluding carboxylic acids is 1. The fourth-order valence-corrected chi connectivity index (χ4v) is 5.03. The summed E-state index contributed by atoms with van der Waals surface area (Å²) in [6, 6.07) is 11.4. The molecule has 0 aliphatic carbocycles. The van der Waals surface area contributed by atoms with Crippen LogP contribution >= 0.6 is 23.2 Å². The topological polar surface area (TPSA) is 57.7 Å². The van der Waals surface area contributed by atoms with E-state index in [0.717, 1.165) is 18.4 Å². The lowest BCUT2D eigenvalue weighted by Gasteiger charge is -2.20. The van der Waals surface area contributed by atoms with Crippen molar-refractivity contribution in [3.63, 3.8) is 0 Å². The second kappa shape index (κ2) is 8.19. The van der Waals surface area contributed by atoms with Crippen LogP contribution in [0.3, 0.4) is 0 Å². The molecule has 1 amide bonds. The molecule has 1 saturated heterocycles. The van der Waals surface area contributed by atoms with Crippen LogP contribution in [0.5, 0.6) is 0 Å². The summed E-state index contributed by atoms with van der Waals surface area (Å²) in [5.74, 6) is -0.287. The summed E-state index contributed by atoms with van der Waals surface area (Å²) < 4.78 is 26.9. The van der Waals surface area contributed by atoms with Gasteiger partial charge in [-0.25, -0.2) is 8.42 Å². The lowest BCUT2D eigenvalue weighted by molar-refractivity contribution is 0.0785. The number of hydrogen-bond acceptors (Lipinski definition) is 3. The Balaban J connectivity index is 1.81. The van der Waals surface area contributed by atoms with Crippen LogP contribution in [-0.2, 0) is 16.6 Å². The third-order valence-electron chi connectivity index (χ3n) is 4.57. The van der Waals surface area contributed by atoms with Crippen molar-refractivity contribution in [2.24, 2.45) is 0 Å². The molecule has 0 saturated carbocycles. The van der Waals surface area contributed by atoms with E-state index in [-0.39, 0.29) is 17.3 Å². The smallest absolute Gasteiger partial charge is 0.253 e. The van der Waals surface area contributed by atoms with Gasteiger partial charge in [0.2, 0.25) is 10.0 Å². The molecule has 144 valence electrons. The normalized spacial score (nSPS) is 15.1. The molecule has 0 N–H and O–H groups in total. The molecule has 27 heavy (non-hydrogen) atoms. The first-order chi connectivity index (χ1) is 12.8. The summed E-state index contributed by atoms with van der Waals surface area (Å²) in [7, 11) is -1.93. The van der Waals surface area contributed by atoms with E-state index >= 15 is 0 Å². The van der Waals surface area contributed by atoms with Gasteiger partial charge in [0.15, 0.2) is 0 Å². The maximum atomic E-state index is 12.8. The van der Waals surface area contributed by atoms with Crippen LogP contribution in [0, 0.1) is 0 Å². The van der Waals surface area contributed by atoms with E-state index < -0.39 is 10.0 Å². The fourth-order valence-electron chi connectivity index (χ4n) is 3.09. The summed E-state index contributed by atoms with van der Waals surface area (Å²) in [6.45, 7) is 1.31. The summed E-state index contributed by atoms with van der Waals surface area (Å²) in [6.07, 6.45) is 1.72. The van der Waals surface area contributed by atoms with Crippen molar-refractivity contribution in [3.05, 3.63) is 63.6 Å². The van der Waals surface area contributed by atoms with E-state index in [0.29, 0.717) is 28.7 Å². The second-order valence-electron chi connectivity index (χ2n) is 6.51. The lowest BCUT2D eigenvalue weighted by Crippen LogP contribution is -2.29. The van der Waals surface area contributed by atoms with Crippen molar-refractivity contribution in [1.29, 1.82) is 0 Å². The average molecular weight is 427 g/mol. The Labute approximate surface area is 169 Å². The fraction of sp³-hybridized carbons (Fsp3) is 0.316. The number of halogens is 2. The van der Waals surface area contributed by atoms with Gasteiger partial charge in [-0.1, -0.05) is 41.4 Å². The van der Waals surface area contributed by atoms with Crippen LogP contribution < -0.4 is 0 Å². The highest BCUT2D eigenvalue weighted by Crippen LogP contribution is 2.27. The second-order valence-corrected chi connectivity index (χ2v) is 9.24. The Kier molecular flexibility index (Phi) is 6.11. The largest absolute Gasteiger partial charge is 0.337 e. The van der Waals surface area contributed by atoms with Crippen molar-refractivity contribution in [2.75, 3.05) is 20.1 Å².